The Labute approximate surface area is 196 Å². The van der Waals surface area contributed by atoms with Crippen molar-refractivity contribution >= 4 is 34.0 Å². The third kappa shape index (κ3) is 3.37. The number of rotatable bonds is 3. The maximum Gasteiger partial charge on any atom is 0.236 e. The Kier molecular flexibility index (Phi) is 4.95. The predicted molar refractivity (Wildman–Crippen MR) is 131 cm³/mol. The molecule has 6 heteroatoms. The van der Waals surface area contributed by atoms with Gasteiger partial charge in [0.2, 0.25) is 5.91 Å². The van der Waals surface area contributed by atoms with E-state index >= 15 is 0 Å². The second-order valence-electron chi connectivity index (χ2n) is 8.93. The van der Waals surface area contributed by atoms with Crippen LogP contribution >= 0.6 is 11.3 Å². The van der Waals surface area contributed by atoms with Gasteiger partial charge in [0.1, 0.15) is 11.4 Å². The molecule has 1 aliphatic rings. The van der Waals surface area contributed by atoms with Crippen LogP contribution in [0.3, 0.4) is 0 Å². The lowest BCUT2D eigenvalue weighted by atomic mass is 9.67. The number of hydrogen-bond donors (Lipinski definition) is 1. The van der Waals surface area contributed by atoms with Crippen LogP contribution in [0.5, 0.6) is 0 Å². The van der Waals surface area contributed by atoms with Gasteiger partial charge in [-0.1, -0.05) is 19.1 Å². The second kappa shape index (κ2) is 7.72. The molecule has 0 bridgehead atoms. The van der Waals surface area contributed by atoms with Crippen LogP contribution in [-0.4, -0.2) is 23.7 Å². The molecule has 0 aliphatic carbocycles. The molecule has 1 fully saturated rings. The van der Waals surface area contributed by atoms with Gasteiger partial charge in [-0.25, -0.2) is 0 Å². The van der Waals surface area contributed by atoms with E-state index in [0.717, 1.165) is 38.1 Å². The number of nitrogens with zero attached hydrogens (tertiary/aromatic N) is 2. The topological polar surface area (TPSA) is 81.1 Å². The van der Waals surface area contributed by atoms with E-state index in [-0.39, 0.29) is 5.91 Å². The largest absolute Gasteiger partial charge is 0.464 e. The Bertz CT molecular complexity index is 1460. The Morgan fingerprint density at radius 3 is 2.82 bits per heavy atom. The van der Waals surface area contributed by atoms with Crippen molar-refractivity contribution in [3.63, 3.8) is 0 Å². The molecule has 0 saturated carbocycles. The Hall–Kier alpha value is -3.69. The molecular formula is C27H23N3O2S. The van der Waals surface area contributed by atoms with E-state index in [1.807, 2.05) is 49.4 Å². The Balaban J connectivity index is 1.64. The zero-order valence-electron chi connectivity index (χ0n) is 18.7. The first kappa shape index (κ1) is 21.2. The van der Waals surface area contributed by atoms with Crippen molar-refractivity contribution < 1.29 is 9.21 Å². The molecule has 164 valence electrons. The van der Waals surface area contributed by atoms with E-state index in [1.165, 1.54) is 4.90 Å². The maximum atomic E-state index is 13.5. The number of amides is 1. The van der Waals surface area contributed by atoms with E-state index < -0.39 is 11.3 Å². The van der Waals surface area contributed by atoms with E-state index in [9.17, 15) is 10.1 Å². The van der Waals surface area contributed by atoms with Crippen molar-refractivity contribution in [2.75, 3.05) is 7.05 Å². The highest BCUT2D eigenvalue weighted by molar-refractivity contribution is 7.10. The Morgan fingerprint density at radius 1 is 1.21 bits per heavy atom. The molecule has 5 nitrogen and oxygen atoms in total. The summed E-state index contributed by atoms with van der Waals surface area (Å²) < 4.78 is 5.49. The summed E-state index contributed by atoms with van der Waals surface area (Å²) >= 11 is 1.61. The first-order chi connectivity index (χ1) is 15.8. The van der Waals surface area contributed by atoms with Crippen molar-refractivity contribution in [2.24, 2.45) is 0 Å². The van der Waals surface area contributed by atoms with E-state index in [1.54, 1.807) is 24.6 Å². The summed E-state index contributed by atoms with van der Waals surface area (Å²) in [5.74, 6) is -0.177. The van der Waals surface area contributed by atoms with Gasteiger partial charge in [0, 0.05) is 29.1 Å². The summed E-state index contributed by atoms with van der Waals surface area (Å²) in [4.78, 5) is 16.1. The standard InChI is InChI=1S/C27H23N3O2S/c1-16-4-5-17(14-28)10-21(16)20-12-23(33-15-20)27(2)13-24(29)30(3)26(31)25(27)19-6-7-22-18(11-19)8-9-32-22/h4-12,15,25,29H,13H2,1-3H3/t25-,27-/m1/s1. The van der Waals surface area contributed by atoms with Gasteiger partial charge in [0.15, 0.2) is 0 Å². The maximum absolute atomic E-state index is 13.5. The number of hydrogen-bond acceptors (Lipinski definition) is 5. The minimum absolute atomic E-state index is 0.0748. The number of furan rings is 1. The van der Waals surface area contributed by atoms with Crippen LogP contribution < -0.4 is 0 Å². The molecule has 33 heavy (non-hydrogen) atoms. The molecule has 1 amide bonds. The lowest BCUT2D eigenvalue weighted by molar-refractivity contribution is -0.131. The molecular weight excluding hydrogens is 430 g/mol. The second-order valence-corrected chi connectivity index (χ2v) is 9.84. The molecule has 1 N–H and O–H groups in total. The van der Waals surface area contributed by atoms with Crippen LogP contribution in [0.15, 0.2) is 64.6 Å². The molecule has 2 atom stereocenters. The number of benzene rings is 2. The quantitative estimate of drug-likeness (QED) is 0.400. The van der Waals surface area contributed by atoms with Gasteiger partial charge in [0.25, 0.3) is 0 Å². The molecule has 0 radical (unpaired) electrons. The van der Waals surface area contributed by atoms with Crippen molar-refractivity contribution in [3.05, 3.63) is 81.7 Å². The Morgan fingerprint density at radius 2 is 2.03 bits per heavy atom. The fourth-order valence-corrected chi connectivity index (χ4v) is 5.95. The summed E-state index contributed by atoms with van der Waals surface area (Å²) in [7, 11) is 1.68. The average molecular weight is 454 g/mol. The summed E-state index contributed by atoms with van der Waals surface area (Å²) in [5, 5.41) is 20.9. The normalized spacial score (nSPS) is 20.9. The zero-order valence-corrected chi connectivity index (χ0v) is 19.5. The van der Waals surface area contributed by atoms with Gasteiger partial charge >= 0.3 is 0 Å². The number of amidine groups is 1. The summed E-state index contributed by atoms with van der Waals surface area (Å²) in [6.07, 6.45) is 2.11. The van der Waals surface area contributed by atoms with Crippen molar-refractivity contribution in [1.82, 2.24) is 4.90 Å². The van der Waals surface area contributed by atoms with Crippen LogP contribution in [0.1, 0.15) is 40.8 Å². The van der Waals surface area contributed by atoms with Gasteiger partial charge in [-0.2, -0.15) is 5.26 Å². The zero-order chi connectivity index (χ0) is 23.3. The number of piperidine rings is 1. The highest BCUT2D eigenvalue weighted by Gasteiger charge is 2.49. The number of nitrogens with one attached hydrogen (secondary N) is 1. The SMILES string of the molecule is Cc1ccc(C#N)cc1-c1csc([C@@]2(C)CC(=N)N(C)C(=O)[C@H]2c2ccc3occc3c2)c1. The van der Waals surface area contributed by atoms with E-state index in [2.05, 4.69) is 24.4 Å². The number of likely N-dealkylation sites (tertiary alicyclic amines) is 1. The third-order valence-corrected chi connectivity index (χ3v) is 8.01. The van der Waals surface area contributed by atoms with Crippen LogP contribution in [0, 0.1) is 23.7 Å². The van der Waals surface area contributed by atoms with Gasteiger partial charge in [-0.15, -0.1) is 11.3 Å². The van der Waals surface area contributed by atoms with Crippen molar-refractivity contribution in [1.29, 1.82) is 10.7 Å². The minimum Gasteiger partial charge on any atom is -0.464 e. The third-order valence-electron chi connectivity index (χ3n) is 6.80. The molecule has 0 spiro atoms. The van der Waals surface area contributed by atoms with Crippen LogP contribution in [0.2, 0.25) is 0 Å². The summed E-state index contributed by atoms with van der Waals surface area (Å²) in [6.45, 7) is 4.12. The molecule has 2 aromatic heterocycles. The van der Waals surface area contributed by atoms with Crippen molar-refractivity contribution in [3.8, 4) is 17.2 Å². The fourth-order valence-electron chi connectivity index (χ4n) is 4.85. The number of fused-ring (bicyclic) bond motifs is 1. The monoisotopic (exact) mass is 453 g/mol. The number of likely N-dealkylation sites (N-methyl/N-ethyl adjacent to an activating group) is 1. The average Bonchev–Trinajstić information content (AvgIpc) is 3.48. The van der Waals surface area contributed by atoms with E-state index in [4.69, 9.17) is 9.83 Å². The summed E-state index contributed by atoms with van der Waals surface area (Å²) in [5.41, 5.74) is 4.92. The lowest BCUT2D eigenvalue weighted by Crippen LogP contribution is -2.51. The molecule has 3 heterocycles. The van der Waals surface area contributed by atoms with Crippen molar-refractivity contribution in [2.45, 2.75) is 31.6 Å². The molecule has 1 saturated heterocycles. The smallest absolute Gasteiger partial charge is 0.236 e. The minimum atomic E-state index is -0.568. The van der Waals surface area contributed by atoms with Crippen LogP contribution in [-0.2, 0) is 10.2 Å². The number of thiophene rings is 1. The fraction of sp³-hybridized carbons (Fsp3) is 0.222. The van der Waals surface area contributed by atoms with Gasteiger partial charge in [-0.05, 0) is 71.0 Å². The van der Waals surface area contributed by atoms with Gasteiger partial charge < -0.3 is 9.32 Å². The van der Waals surface area contributed by atoms with E-state index in [0.29, 0.717) is 17.8 Å². The number of aryl methyl sites for hydroxylation is 1. The van der Waals surface area contributed by atoms with Gasteiger partial charge in [-0.3, -0.25) is 10.2 Å². The molecule has 5 rings (SSSR count). The molecule has 4 aromatic rings. The molecule has 2 aromatic carbocycles. The van der Waals surface area contributed by atoms with Crippen LogP contribution in [0.4, 0.5) is 0 Å². The molecule has 1 aliphatic heterocycles. The first-order valence-electron chi connectivity index (χ1n) is 10.7. The van der Waals surface area contributed by atoms with Gasteiger partial charge in [0.05, 0.1) is 23.8 Å². The number of nitriles is 1. The highest BCUT2D eigenvalue weighted by atomic mass is 32.1. The highest BCUT2D eigenvalue weighted by Crippen LogP contribution is 2.49. The predicted octanol–water partition coefficient (Wildman–Crippen LogP) is 6.22. The number of carbonyl (C=O) groups excluding carboxylic acids is 1. The lowest BCUT2D eigenvalue weighted by Gasteiger charge is -2.44. The first-order valence-corrected chi connectivity index (χ1v) is 11.6. The number of carbonyl (C=O) groups is 1. The molecule has 0 unspecified atom stereocenters. The summed E-state index contributed by atoms with van der Waals surface area (Å²) in [6, 6.07) is 17.9. The van der Waals surface area contributed by atoms with Crippen LogP contribution in [0.25, 0.3) is 22.1 Å².